The largest absolute Gasteiger partial charge is 0.228 e. The Balaban J connectivity index is 1.19. The van der Waals surface area contributed by atoms with E-state index in [4.69, 9.17) is 9.97 Å². The third kappa shape index (κ3) is 5.02. The number of hydrogen-bond donors (Lipinski definition) is 0. The molecule has 0 saturated carbocycles. The van der Waals surface area contributed by atoms with Crippen LogP contribution < -0.4 is 0 Å². The van der Waals surface area contributed by atoms with Gasteiger partial charge < -0.3 is 0 Å². The molecule has 2 heteroatoms. The van der Waals surface area contributed by atoms with Crippen molar-refractivity contribution in [2.24, 2.45) is 5.92 Å². The highest BCUT2D eigenvalue weighted by atomic mass is 14.9. The minimum Gasteiger partial charge on any atom is -0.228 e. The highest BCUT2D eigenvalue weighted by molar-refractivity contribution is 5.93. The second-order valence-electron chi connectivity index (χ2n) is 14.0. The van der Waals surface area contributed by atoms with Crippen LogP contribution in [0.25, 0.3) is 55.9 Å². The fourth-order valence-electron chi connectivity index (χ4n) is 8.25. The molecule has 0 bridgehead atoms. The van der Waals surface area contributed by atoms with Gasteiger partial charge in [0.25, 0.3) is 0 Å². The van der Waals surface area contributed by atoms with Gasteiger partial charge in [-0.1, -0.05) is 178 Å². The van der Waals surface area contributed by atoms with Crippen LogP contribution in [0.4, 0.5) is 0 Å². The van der Waals surface area contributed by atoms with Crippen LogP contribution in [0.5, 0.6) is 0 Å². The number of rotatable bonds is 5. The molecule has 0 spiro atoms. The van der Waals surface area contributed by atoms with Gasteiger partial charge in [-0.15, -0.1) is 0 Å². The number of nitrogens with zero attached hydrogens (tertiary/aromatic N) is 2. The van der Waals surface area contributed by atoms with Crippen molar-refractivity contribution >= 4 is 11.1 Å². The zero-order chi connectivity index (χ0) is 33.7. The van der Waals surface area contributed by atoms with Gasteiger partial charge >= 0.3 is 0 Å². The van der Waals surface area contributed by atoms with Gasteiger partial charge in [0.1, 0.15) is 0 Å². The van der Waals surface area contributed by atoms with Crippen molar-refractivity contribution in [3.63, 3.8) is 0 Å². The first kappa shape index (κ1) is 30.2. The molecule has 3 aliphatic carbocycles. The van der Waals surface area contributed by atoms with E-state index in [1.165, 1.54) is 44.5 Å². The van der Waals surface area contributed by atoms with E-state index < -0.39 is 0 Å². The maximum Gasteiger partial charge on any atom is 0.156 e. The van der Waals surface area contributed by atoms with E-state index in [9.17, 15) is 0 Å². The van der Waals surface area contributed by atoms with Crippen molar-refractivity contribution in [2.75, 3.05) is 0 Å². The van der Waals surface area contributed by atoms with E-state index in [1.807, 2.05) is 0 Å². The number of aromatic nitrogens is 2. The fourth-order valence-corrected chi connectivity index (χ4v) is 8.25. The number of fused-ring (bicyclic) bond motifs is 6. The molecule has 1 aromatic heterocycles. The summed E-state index contributed by atoms with van der Waals surface area (Å²) in [7, 11) is 0. The molecule has 5 aromatic carbocycles. The Labute approximate surface area is 294 Å². The molecule has 1 heterocycles. The minimum atomic E-state index is -0.132. The van der Waals surface area contributed by atoms with Crippen molar-refractivity contribution in [2.45, 2.75) is 31.6 Å². The van der Waals surface area contributed by atoms with Gasteiger partial charge in [-0.2, -0.15) is 0 Å². The standard InChI is InChI=1S/C48H38N2/c1-32-16-6-7-19-35(32)47-49-45(33-17-4-3-5-18-33)31-46(50-47)42-26-13-11-22-38(42)37-21-9-8-20-36(37)34-28-29-48(2)43-27-15-14-24-40(43)39-23-10-12-25-41(39)44(48)30-34/h3-15,17-32,44H,16H2,1-2H3. The summed E-state index contributed by atoms with van der Waals surface area (Å²) in [6.45, 7) is 4.66. The molecule has 50 heavy (non-hydrogen) atoms. The second-order valence-corrected chi connectivity index (χ2v) is 14.0. The predicted octanol–water partition coefficient (Wildman–Crippen LogP) is 12.1. The summed E-state index contributed by atoms with van der Waals surface area (Å²) in [5.41, 5.74) is 15.4. The van der Waals surface area contributed by atoms with E-state index >= 15 is 0 Å². The average Bonchev–Trinajstić information content (AvgIpc) is 3.18. The lowest BCUT2D eigenvalue weighted by Gasteiger charge is -2.43. The highest BCUT2D eigenvalue weighted by Crippen LogP contribution is 2.55. The van der Waals surface area contributed by atoms with Gasteiger partial charge in [-0.05, 0) is 68.5 Å². The molecule has 0 aliphatic heterocycles. The van der Waals surface area contributed by atoms with Crippen LogP contribution >= 0.6 is 0 Å². The number of benzene rings is 5. The van der Waals surface area contributed by atoms with Gasteiger partial charge in [-0.25, -0.2) is 9.97 Å². The van der Waals surface area contributed by atoms with Crippen molar-refractivity contribution < 1.29 is 0 Å². The first-order chi connectivity index (χ1) is 24.6. The Morgan fingerprint density at radius 2 is 1.24 bits per heavy atom. The third-order valence-corrected chi connectivity index (χ3v) is 10.9. The maximum atomic E-state index is 5.30. The molecule has 0 saturated heterocycles. The summed E-state index contributed by atoms with van der Waals surface area (Å²) < 4.78 is 0. The fraction of sp³-hybridized carbons (Fsp3) is 0.125. The van der Waals surface area contributed by atoms with Crippen LogP contribution in [0.3, 0.4) is 0 Å². The van der Waals surface area contributed by atoms with Crippen LogP contribution in [-0.2, 0) is 5.41 Å². The summed E-state index contributed by atoms with van der Waals surface area (Å²) in [6.07, 6.45) is 14.8. The molecule has 6 aromatic rings. The lowest BCUT2D eigenvalue weighted by molar-refractivity contribution is 0.520. The van der Waals surface area contributed by atoms with Crippen LogP contribution in [0.1, 0.15) is 48.7 Å². The quantitative estimate of drug-likeness (QED) is 0.187. The van der Waals surface area contributed by atoms with Crippen molar-refractivity contribution in [3.8, 4) is 44.8 Å². The van der Waals surface area contributed by atoms with Crippen LogP contribution in [0.2, 0.25) is 0 Å². The SMILES string of the molecule is CC1CC=CC=C1c1nc(-c2ccccc2)cc(-c2ccccc2-c2ccccc2C2=CC3c4ccccc4-c4ccccc4C3(C)C=C2)n1. The van der Waals surface area contributed by atoms with Crippen LogP contribution in [0, 0.1) is 5.92 Å². The lowest BCUT2D eigenvalue weighted by Crippen LogP contribution is -2.33. The molecular formula is C48H38N2. The molecule has 0 N–H and O–H groups in total. The monoisotopic (exact) mass is 642 g/mol. The van der Waals surface area contributed by atoms with Crippen LogP contribution in [0.15, 0.2) is 170 Å². The van der Waals surface area contributed by atoms with Gasteiger partial charge in [0.15, 0.2) is 5.82 Å². The van der Waals surface area contributed by atoms with E-state index in [-0.39, 0.29) is 11.3 Å². The minimum absolute atomic E-state index is 0.132. The molecular weight excluding hydrogens is 605 g/mol. The summed E-state index contributed by atoms with van der Waals surface area (Å²) in [6, 6.07) is 48.1. The van der Waals surface area contributed by atoms with E-state index in [1.54, 1.807) is 0 Å². The third-order valence-electron chi connectivity index (χ3n) is 10.9. The number of allylic oxidation sites excluding steroid dienone is 8. The summed E-state index contributed by atoms with van der Waals surface area (Å²) in [5.74, 6) is 1.37. The van der Waals surface area contributed by atoms with Gasteiger partial charge in [-0.3, -0.25) is 0 Å². The summed E-state index contributed by atoms with van der Waals surface area (Å²) >= 11 is 0. The lowest BCUT2D eigenvalue weighted by atomic mass is 9.60. The topological polar surface area (TPSA) is 25.8 Å². The van der Waals surface area contributed by atoms with Gasteiger partial charge in [0, 0.05) is 22.5 Å². The smallest absolute Gasteiger partial charge is 0.156 e. The summed E-state index contributed by atoms with van der Waals surface area (Å²) in [4.78, 5) is 10.4. The van der Waals surface area contributed by atoms with E-state index in [0.717, 1.165) is 40.3 Å². The molecule has 3 atom stereocenters. The Morgan fingerprint density at radius 1 is 0.620 bits per heavy atom. The Kier molecular flexibility index (Phi) is 7.39. The molecule has 2 nitrogen and oxygen atoms in total. The molecule has 0 fully saturated rings. The first-order valence-corrected chi connectivity index (χ1v) is 17.7. The maximum absolute atomic E-state index is 5.30. The Bertz CT molecular complexity index is 2390. The van der Waals surface area contributed by atoms with Gasteiger partial charge in [0.05, 0.1) is 11.4 Å². The highest BCUT2D eigenvalue weighted by Gasteiger charge is 2.42. The van der Waals surface area contributed by atoms with E-state index in [0.29, 0.717) is 5.92 Å². The van der Waals surface area contributed by atoms with Gasteiger partial charge in [0.2, 0.25) is 0 Å². The van der Waals surface area contributed by atoms with Crippen molar-refractivity contribution in [3.05, 3.63) is 192 Å². The zero-order valence-electron chi connectivity index (χ0n) is 28.4. The van der Waals surface area contributed by atoms with Crippen molar-refractivity contribution in [1.29, 1.82) is 0 Å². The molecule has 9 rings (SSSR count). The molecule has 3 aliphatic rings. The molecule has 240 valence electrons. The summed E-state index contributed by atoms with van der Waals surface area (Å²) in [5, 5.41) is 0. The van der Waals surface area contributed by atoms with Crippen LogP contribution in [-0.4, -0.2) is 9.97 Å². The Morgan fingerprint density at radius 3 is 2.02 bits per heavy atom. The predicted molar refractivity (Wildman–Crippen MR) is 208 cm³/mol. The molecule has 0 radical (unpaired) electrons. The first-order valence-electron chi connectivity index (χ1n) is 17.7. The van der Waals surface area contributed by atoms with Crippen molar-refractivity contribution in [1.82, 2.24) is 9.97 Å². The number of hydrogen-bond acceptors (Lipinski definition) is 2. The average molecular weight is 643 g/mol. The molecule has 3 unspecified atom stereocenters. The van der Waals surface area contributed by atoms with E-state index in [2.05, 4.69) is 184 Å². The second kappa shape index (κ2) is 12.2. The Hall–Kier alpha value is -5.86. The normalized spacial score (nSPS) is 20.3. The molecule has 0 amide bonds. The zero-order valence-corrected chi connectivity index (χ0v) is 28.4.